The van der Waals surface area contributed by atoms with E-state index in [0.29, 0.717) is 68.9 Å². The van der Waals surface area contributed by atoms with Gasteiger partial charge < -0.3 is 70.4 Å². The highest BCUT2D eigenvalue weighted by molar-refractivity contribution is 7.90. The molecular formula is C84H121N15O15S3. The van der Waals surface area contributed by atoms with Crippen molar-refractivity contribution < 1.29 is 69.2 Å². The second-order valence-electron chi connectivity index (χ2n) is 31.7. The Morgan fingerprint density at radius 3 is 1.07 bits per heavy atom. The molecule has 33 heteroatoms. The van der Waals surface area contributed by atoms with E-state index < -0.39 is 66.1 Å². The molecule has 117 heavy (non-hydrogen) atoms. The summed E-state index contributed by atoms with van der Waals surface area (Å²) in [5, 5.41) is 43.1. The number of hydrogen-bond donors (Lipinski definition) is 7. The van der Waals surface area contributed by atoms with Gasteiger partial charge in [-0.1, -0.05) is 97.9 Å². The Morgan fingerprint density at radius 2 is 0.752 bits per heavy atom. The molecular weight excluding hydrogens is 1560 g/mol. The van der Waals surface area contributed by atoms with Gasteiger partial charge in [-0.25, -0.2) is 38.2 Å². The second-order valence-corrected chi connectivity index (χ2v) is 37.9. The largest absolute Gasteiger partial charge is 0.482 e. The van der Waals surface area contributed by atoms with Crippen LogP contribution >= 0.6 is 0 Å². The van der Waals surface area contributed by atoms with Gasteiger partial charge in [0.25, 0.3) is 17.7 Å². The summed E-state index contributed by atoms with van der Waals surface area (Å²) in [6, 6.07) is 41.2. The number of likely N-dealkylation sites (N-methyl/N-ethyl adjacent to an activating group) is 1. The molecule has 3 saturated heterocycles. The monoisotopic (exact) mass is 1680 g/mol. The molecule has 13 rings (SSSR count). The number of carbonyl (C=O) groups excluding carboxylic acids is 3. The van der Waals surface area contributed by atoms with Crippen molar-refractivity contribution in [1.82, 2.24) is 58.7 Å². The Labute approximate surface area is 691 Å². The number of amides is 3. The smallest absolute Gasteiger partial charge is 0.258 e. The van der Waals surface area contributed by atoms with Crippen molar-refractivity contribution in [3.05, 3.63) is 161 Å². The molecule has 1 saturated carbocycles. The number of benzene rings is 6. The van der Waals surface area contributed by atoms with Gasteiger partial charge in [-0.3, -0.25) is 34.0 Å². The number of sulfonamides is 3. The van der Waals surface area contributed by atoms with Crippen molar-refractivity contribution in [3.63, 3.8) is 0 Å². The van der Waals surface area contributed by atoms with Crippen molar-refractivity contribution in [1.29, 1.82) is 0 Å². The van der Waals surface area contributed by atoms with E-state index >= 15 is 0 Å². The Balaban J connectivity index is 0.000000172. The van der Waals surface area contributed by atoms with E-state index in [1.165, 1.54) is 92.8 Å². The van der Waals surface area contributed by atoms with E-state index in [0.717, 1.165) is 119 Å². The van der Waals surface area contributed by atoms with Crippen LogP contribution in [0.5, 0.6) is 17.2 Å². The molecule has 0 radical (unpaired) electrons. The molecule has 0 spiro atoms. The van der Waals surface area contributed by atoms with Crippen LogP contribution in [0.15, 0.2) is 142 Å². The second kappa shape index (κ2) is 41.7. The molecule has 30 nitrogen and oxygen atoms in total. The number of β-amino-alcohol motifs (C(OH)–C–C–N with tert-alkyl or cyclic N) is 3. The highest BCUT2D eigenvalue weighted by Gasteiger charge is 2.37. The molecule has 6 aliphatic heterocycles. The van der Waals surface area contributed by atoms with E-state index in [1.807, 2.05) is 47.4 Å². The number of ether oxygens (including phenoxy) is 3. The topological polar surface area (TPSA) is 326 Å². The third-order valence-electron chi connectivity index (χ3n) is 22.4. The van der Waals surface area contributed by atoms with Gasteiger partial charge in [0.15, 0.2) is 19.8 Å². The molecule has 7 aliphatic rings. The Hall–Kier alpha value is -8.10. The fourth-order valence-corrected chi connectivity index (χ4v) is 19.3. The van der Waals surface area contributed by atoms with Crippen molar-refractivity contribution in [3.8, 4) is 17.2 Å². The molecule has 7 N–H and O–H groups in total. The minimum Gasteiger partial charge on any atom is -0.482 e. The number of fused-ring (bicyclic) bond motifs is 3. The van der Waals surface area contributed by atoms with Crippen molar-refractivity contribution in [2.75, 3.05) is 214 Å². The van der Waals surface area contributed by atoms with Crippen LogP contribution in [0.3, 0.4) is 0 Å². The van der Waals surface area contributed by atoms with Crippen LogP contribution in [0.25, 0.3) is 0 Å². The number of nitrogens with zero attached hydrogens (tertiary/aromatic N) is 11. The Morgan fingerprint density at radius 1 is 0.427 bits per heavy atom. The van der Waals surface area contributed by atoms with E-state index in [-0.39, 0.29) is 77.4 Å². The lowest BCUT2D eigenvalue weighted by atomic mass is 10.00. The molecule has 3 amide bonds. The number of piperazine rings is 3. The molecule has 0 bridgehead atoms. The predicted molar refractivity (Wildman–Crippen MR) is 453 cm³/mol. The van der Waals surface area contributed by atoms with Gasteiger partial charge in [0.2, 0.25) is 30.1 Å². The summed E-state index contributed by atoms with van der Waals surface area (Å²) in [6.45, 7) is 19.0. The number of hydrogen-bond acceptors (Lipinski definition) is 24. The minimum atomic E-state index is -3.85. The third kappa shape index (κ3) is 24.4. The first-order chi connectivity index (χ1) is 56.0. The van der Waals surface area contributed by atoms with Crippen LogP contribution in [-0.2, 0) is 83.4 Å². The van der Waals surface area contributed by atoms with Gasteiger partial charge in [0.1, 0.15) is 31.9 Å². The van der Waals surface area contributed by atoms with Crippen LogP contribution in [0.4, 0.5) is 17.1 Å². The molecule has 0 aromatic heterocycles. The number of rotatable bonds is 32. The average Bonchev–Trinajstić information content (AvgIpc) is 1.40. The van der Waals surface area contributed by atoms with Gasteiger partial charge in [-0.2, -0.15) is 0 Å². The molecule has 1 unspecified atom stereocenters. The number of anilines is 3. The van der Waals surface area contributed by atoms with Gasteiger partial charge >= 0.3 is 0 Å². The zero-order chi connectivity index (χ0) is 83.6. The standard InChI is InChI=1S/C29H41N5O5S.C28H41N5O5S.C27H39N5O5S/c1-31(2)40(37,38)29-26(34-16-14-33(15-17-34)24-10-11-24)8-5-9-27(29)39-21-28(36)30-18-25(35)20-32-13-12-22-6-3-4-7-23(22)19-32;1-4-31-14-16-33(17-15-31)25-10-7-11-26(28(25)39(36,37)30(2)3)38-21-27(35)29-18-24(34)20-32-13-12-22-8-5-6-9-23(22)19-32;1-20-16-32(14-12-28-20)24-9-6-10-25(27(24)38(35,36)30(2)3)37-19-26(34)29-15-23(33)18-31-13-11-21-7-4-5-8-22(21)17-31/h3-9,24-25,35H,10-21H2,1-2H3,(H,30,36);5-11,24,34H,4,12-21H2,1-3H3,(H,29,35);4-10,20,23,28,33H,11-19H2,1-3H3,(H,29,34)/t25-;24-;20?,23-/m111/s1. The lowest BCUT2D eigenvalue weighted by Gasteiger charge is -2.37. The summed E-state index contributed by atoms with van der Waals surface area (Å²) >= 11 is 0. The summed E-state index contributed by atoms with van der Waals surface area (Å²) in [6.07, 6.45) is 3.13. The predicted octanol–water partition coefficient (Wildman–Crippen LogP) is 2.78. The van der Waals surface area contributed by atoms with E-state index in [9.17, 15) is 55.0 Å². The van der Waals surface area contributed by atoms with Crippen LogP contribution in [0.1, 0.15) is 60.1 Å². The average molecular weight is 1680 g/mol. The molecule has 4 atom stereocenters. The van der Waals surface area contributed by atoms with Crippen LogP contribution in [0.2, 0.25) is 0 Å². The van der Waals surface area contributed by atoms with Gasteiger partial charge in [0.05, 0.1) is 35.4 Å². The van der Waals surface area contributed by atoms with Gasteiger partial charge in [-0.15, -0.1) is 0 Å². The first-order valence-electron chi connectivity index (χ1n) is 40.8. The molecule has 640 valence electrons. The molecule has 6 aromatic rings. The van der Waals surface area contributed by atoms with Crippen molar-refractivity contribution in [2.24, 2.45) is 0 Å². The van der Waals surface area contributed by atoms with Gasteiger partial charge in [0, 0.05) is 205 Å². The van der Waals surface area contributed by atoms with E-state index in [4.69, 9.17) is 14.2 Å². The molecule has 6 aromatic carbocycles. The van der Waals surface area contributed by atoms with Crippen LogP contribution < -0.4 is 50.2 Å². The van der Waals surface area contributed by atoms with Crippen LogP contribution in [-0.4, -0.2) is 326 Å². The fraction of sp³-hybridized carbons (Fsp3) is 0.536. The summed E-state index contributed by atoms with van der Waals surface area (Å²) in [5.74, 6) is -0.847. The molecule has 1 aliphatic carbocycles. The SMILES string of the molecule is CC1CN(c2cccc(OCC(=O)NC[C@@H](O)CN3CCc4ccccc4C3)c2S(=O)(=O)N(C)C)CCN1.CCN1CCN(c2cccc(OCC(=O)NC[C@@H](O)CN3CCc4ccccc4C3)c2S(=O)(=O)N(C)C)CC1.CN(C)S(=O)(=O)c1c(OCC(=O)NC[C@@H](O)CN2CCc3ccccc3C2)cccc1N1CCN(C2CC2)CC1. The van der Waals surface area contributed by atoms with Crippen molar-refractivity contribution in [2.45, 2.75) is 111 Å². The number of nitrogens with one attached hydrogen (secondary N) is 4. The molecule has 6 heterocycles. The normalized spacial score (nSPS) is 18.7. The summed E-state index contributed by atoms with van der Waals surface area (Å²) in [4.78, 5) is 55.5. The highest BCUT2D eigenvalue weighted by atomic mass is 32.2. The first-order valence-corrected chi connectivity index (χ1v) is 45.1. The highest BCUT2D eigenvalue weighted by Crippen LogP contribution is 2.40. The summed E-state index contributed by atoms with van der Waals surface area (Å²) in [5.41, 5.74) is 9.58. The number of aliphatic hydroxyl groups is 3. The van der Waals surface area contributed by atoms with Gasteiger partial charge in [-0.05, 0) is 115 Å². The quantitative estimate of drug-likeness (QED) is 0.0319. The maximum atomic E-state index is 13.4. The summed E-state index contributed by atoms with van der Waals surface area (Å²) < 4.78 is 101. The summed E-state index contributed by atoms with van der Waals surface area (Å²) in [7, 11) is -2.61. The number of carbonyl (C=O) groups is 3. The maximum absolute atomic E-state index is 13.4. The lowest BCUT2D eigenvalue weighted by molar-refractivity contribution is -0.124. The van der Waals surface area contributed by atoms with Crippen LogP contribution in [0, 0.1) is 0 Å². The first kappa shape index (κ1) is 89.7. The number of aliphatic hydroxyl groups excluding tert-OH is 3. The van der Waals surface area contributed by atoms with E-state index in [1.54, 1.807) is 48.5 Å². The lowest BCUT2D eigenvalue weighted by Crippen LogP contribution is -2.49. The molecule has 4 fully saturated rings. The fourth-order valence-electron chi connectivity index (χ4n) is 15.6. The maximum Gasteiger partial charge on any atom is 0.258 e. The third-order valence-corrected chi connectivity index (χ3v) is 28.1. The minimum absolute atomic E-state index is 0.0531. The zero-order valence-corrected chi connectivity index (χ0v) is 71.5. The van der Waals surface area contributed by atoms with Crippen molar-refractivity contribution >= 4 is 64.9 Å². The van der Waals surface area contributed by atoms with E-state index in [2.05, 4.69) is 106 Å². The Bertz CT molecular complexity index is 4660. The Kier molecular flexibility index (Phi) is 32.0. The zero-order valence-electron chi connectivity index (χ0n) is 69.0.